The van der Waals surface area contributed by atoms with Crippen LogP contribution in [0.1, 0.15) is 5.56 Å². The van der Waals surface area contributed by atoms with Gasteiger partial charge in [0, 0.05) is 6.07 Å². The molecule has 88 valence electrons. The van der Waals surface area contributed by atoms with E-state index in [2.05, 4.69) is 9.97 Å². The van der Waals surface area contributed by atoms with E-state index in [1.54, 1.807) is 13.2 Å². The number of nitrogen functional groups attached to an aromatic ring is 1. The topological polar surface area (TPSA) is 70.3 Å². The number of hydrogen-bond acceptors (Lipinski definition) is 5. The van der Waals surface area contributed by atoms with Gasteiger partial charge in [0.15, 0.2) is 0 Å². The second kappa shape index (κ2) is 5.16. The minimum Gasteiger partial charge on any atom is -0.497 e. The number of benzene rings is 1. The number of nitrogens with two attached hydrogens (primary N) is 1. The Hall–Kier alpha value is -2.30. The maximum absolute atomic E-state index is 5.52. The van der Waals surface area contributed by atoms with Gasteiger partial charge in [-0.25, -0.2) is 9.97 Å². The summed E-state index contributed by atoms with van der Waals surface area (Å²) < 4.78 is 10.5. The molecule has 2 rings (SSSR count). The number of ether oxygens (including phenoxy) is 2. The van der Waals surface area contributed by atoms with E-state index >= 15 is 0 Å². The van der Waals surface area contributed by atoms with Crippen molar-refractivity contribution in [3.63, 3.8) is 0 Å². The molecule has 0 aliphatic rings. The van der Waals surface area contributed by atoms with E-state index in [1.807, 2.05) is 24.3 Å². The number of rotatable bonds is 4. The van der Waals surface area contributed by atoms with Gasteiger partial charge in [-0.3, -0.25) is 0 Å². The molecule has 0 saturated heterocycles. The Bertz CT molecular complexity index is 485. The van der Waals surface area contributed by atoms with Crippen LogP contribution < -0.4 is 15.2 Å². The molecule has 0 saturated carbocycles. The summed E-state index contributed by atoms with van der Waals surface area (Å²) in [4.78, 5) is 7.74. The fourth-order valence-corrected chi connectivity index (χ4v) is 1.31. The molecule has 0 aliphatic heterocycles. The lowest BCUT2D eigenvalue weighted by molar-refractivity contribution is 0.293. The lowest BCUT2D eigenvalue weighted by Crippen LogP contribution is -1.99. The van der Waals surface area contributed by atoms with Crippen molar-refractivity contribution in [1.29, 1.82) is 0 Å². The first-order valence-electron chi connectivity index (χ1n) is 5.11. The Labute approximate surface area is 99.2 Å². The van der Waals surface area contributed by atoms with Crippen LogP contribution in [0.4, 0.5) is 5.82 Å². The molecule has 1 aromatic heterocycles. The zero-order valence-electron chi connectivity index (χ0n) is 9.46. The molecule has 0 fully saturated rings. The summed E-state index contributed by atoms with van der Waals surface area (Å²) in [5.41, 5.74) is 6.55. The molecule has 5 nitrogen and oxygen atoms in total. The third-order valence-electron chi connectivity index (χ3n) is 2.21. The van der Waals surface area contributed by atoms with Crippen LogP contribution >= 0.6 is 0 Å². The van der Waals surface area contributed by atoms with Crippen molar-refractivity contribution in [3.05, 3.63) is 42.2 Å². The third-order valence-corrected chi connectivity index (χ3v) is 2.21. The standard InChI is InChI=1S/C12H13N3O2/c1-16-10-4-2-9(3-5-10)7-17-12-6-11(13)14-8-15-12/h2-6,8H,7H2,1H3,(H2,13,14,15). The molecule has 5 heteroatoms. The molecule has 2 aromatic rings. The Morgan fingerprint density at radius 2 is 1.94 bits per heavy atom. The van der Waals surface area contributed by atoms with Crippen LogP contribution in [-0.4, -0.2) is 17.1 Å². The molecule has 1 aromatic carbocycles. The Morgan fingerprint density at radius 1 is 1.18 bits per heavy atom. The highest BCUT2D eigenvalue weighted by atomic mass is 16.5. The van der Waals surface area contributed by atoms with E-state index in [9.17, 15) is 0 Å². The molecule has 1 heterocycles. The molecule has 0 aliphatic carbocycles. The molecule has 2 N–H and O–H groups in total. The van der Waals surface area contributed by atoms with Gasteiger partial charge in [-0.2, -0.15) is 0 Å². The lowest BCUT2D eigenvalue weighted by atomic mass is 10.2. The first-order chi connectivity index (χ1) is 8.28. The van der Waals surface area contributed by atoms with Gasteiger partial charge in [0.2, 0.25) is 5.88 Å². The number of anilines is 1. The lowest BCUT2D eigenvalue weighted by Gasteiger charge is -2.06. The molecule has 0 radical (unpaired) electrons. The summed E-state index contributed by atoms with van der Waals surface area (Å²) in [6, 6.07) is 9.22. The number of nitrogens with zero attached hydrogens (tertiary/aromatic N) is 2. The molecule has 0 amide bonds. The maximum Gasteiger partial charge on any atom is 0.218 e. The first-order valence-corrected chi connectivity index (χ1v) is 5.11. The van der Waals surface area contributed by atoms with Gasteiger partial charge in [0.05, 0.1) is 7.11 Å². The van der Waals surface area contributed by atoms with E-state index < -0.39 is 0 Å². The van der Waals surface area contributed by atoms with E-state index in [-0.39, 0.29) is 0 Å². The van der Waals surface area contributed by atoms with E-state index in [0.29, 0.717) is 18.3 Å². The minimum absolute atomic E-state index is 0.393. The van der Waals surface area contributed by atoms with Crippen molar-refractivity contribution in [2.75, 3.05) is 12.8 Å². The maximum atomic E-state index is 5.52. The van der Waals surface area contributed by atoms with Crippen LogP contribution in [0.5, 0.6) is 11.6 Å². The first kappa shape index (κ1) is 11.2. The summed E-state index contributed by atoms with van der Waals surface area (Å²) in [5, 5.41) is 0. The predicted octanol–water partition coefficient (Wildman–Crippen LogP) is 1.65. The molecule has 17 heavy (non-hydrogen) atoms. The Kier molecular flexibility index (Phi) is 3.40. The Balaban J connectivity index is 1.97. The minimum atomic E-state index is 0.393. The highest BCUT2D eigenvalue weighted by Gasteiger charge is 1.99. The van der Waals surface area contributed by atoms with Crippen molar-refractivity contribution >= 4 is 5.82 Å². The average molecular weight is 231 g/mol. The van der Waals surface area contributed by atoms with Gasteiger partial charge < -0.3 is 15.2 Å². The van der Waals surface area contributed by atoms with Crippen LogP contribution in [0.15, 0.2) is 36.7 Å². The van der Waals surface area contributed by atoms with Crippen LogP contribution in [-0.2, 0) is 6.61 Å². The zero-order chi connectivity index (χ0) is 12.1. The van der Waals surface area contributed by atoms with Crippen molar-refractivity contribution in [1.82, 2.24) is 9.97 Å². The largest absolute Gasteiger partial charge is 0.497 e. The Morgan fingerprint density at radius 3 is 2.59 bits per heavy atom. The van der Waals surface area contributed by atoms with Crippen molar-refractivity contribution in [3.8, 4) is 11.6 Å². The van der Waals surface area contributed by atoms with Crippen LogP contribution in [0.3, 0.4) is 0 Å². The van der Waals surface area contributed by atoms with E-state index in [1.165, 1.54) is 6.33 Å². The van der Waals surface area contributed by atoms with E-state index in [0.717, 1.165) is 11.3 Å². The van der Waals surface area contributed by atoms with Crippen LogP contribution in [0, 0.1) is 0 Å². The summed E-state index contributed by atoms with van der Waals surface area (Å²) in [7, 11) is 1.63. The molecule has 0 spiro atoms. The second-order valence-electron chi connectivity index (χ2n) is 3.42. The highest BCUT2D eigenvalue weighted by Crippen LogP contribution is 2.14. The highest BCUT2D eigenvalue weighted by molar-refractivity contribution is 5.31. The number of methoxy groups -OCH3 is 1. The molecule has 0 unspecified atom stereocenters. The summed E-state index contributed by atoms with van der Waals surface area (Å²) in [6.07, 6.45) is 1.37. The van der Waals surface area contributed by atoms with Crippen LogP contribution in [0.2, 0.25) is 0 Å². The van der Waals surface area contributed by atoms with Gasteiger partial charge in [-0.1, -0.05) is 12.1 Å². The second-order valence-corrected chi connectivity index (χ2v) is 3.42. The molecule has 0 atom stereocenters. The smallest absolute Gasteiger partial charge is 0.218 e. The predicted molar refractivity (Wildman–Crippen MR) is 63.8 cm³/mol. The van der Waals surface area contributed by atoms with Gasteiger partial charge in [0.25, 0.3) is 0 Å². The van der Waals surface area contributed by atoms with Crippen LogP contribution in [0.25, 0.3) is 0 Å². The zero-order valence-corrected chi connectivity index (χ0v) is 9.46. The molecular weight excluding hydrogens is 218 g/mol. The van der Waals surface area contributed by atoms with Crippen molar-refractivity contribution < 1.29 is 9.47 Å². The fraction of sp³-hybridized carbons (Fsp3) is 0.167. The summed E-state index contributed by atoms with van der Waals surface area (Å²) in [6.45, 7) is 0.431. The molecule has 0 bridgehead atoms. The monoisotopic (exact) mass is 231 g/mol. The molecular formula is C12H13N3O2. The van der Waals surface area contributed by atoms with Gasteiger partial charge in [-0.15, -0.1) is 0 Å². The number of hydrogen-bond donors (Lipinski definition) is 1. The SMILES string of the molecule is COc1ccc(COc2cc(N)ncn2)cc1. The summed E-state index contributed by atoms with van der Waals surface area (Å²) in [5.74, 6) is 1.68. The average Bonchev–Trinajstić information content (AvgIpc) is 2.37. The van der Waals surface area contributed by atoms with Gasteiger partial charge >= 0.3 is 0 Å². The van der Waals surface area contributed by atoms with Crippen molar-refractivity contribution in [2.24, 2.45) is 0 Å². The summed E-state index contributed by atoms with van der Waals surface area (Å²) >= 11 is 0. The third kappa shape index (κ3) is 3.07. The normalized spacial score (nSPS) is 9.94. The van der Waals surface area contributed by atoms with Crippen molar-refractivity contribution in [2.45, 2.75) is 6.61 Å². The van der Waals surface area contributed by atoms with Gasteiger partial charge in [0.1, 0.15) is 24.5 Å². The van der Waals surface area contributed by atoms with Gasteiger partial charge in [-0.05, 0) is 17.7 Å². The van der Waals surface area contributed by atoms with E-state index in [4.69, 9.17) is 15.2 Å². The fourth-order valence-electron chi connectivity index (χ4n) is 1.31. The number of aromatic nitrogens is 2. The quantitative estimate of drug-likeness (QED) is 0.866.